The molecule has 0 aliphatic rings. The molecule has 1 aromatic carbocycles. The van der Waals surface area contributed by atoms with Crippen LogP contribution in [0.4, 0.5) is 11.6 Å². The molecule has 2 rings (SSSR count). The second-order valence-corrected chi connectivity index (χ2v) is 5.86. The normalized spacial score (nSPS) is 12.0. The SMILES string of the molecule is CCC(C(=O)Nc1ccc(OC)c(Cl)c1)n1c(N)nnc1SC. The highest BCUT2D eigenvalue weighted by Gasteiger charge is 2.24. The van der Waals surface area contributed by atoms with Crippen molar-refractivity contribution < 1.29 is 9.53 Å². The first-order valence-corrected chi connectivity index (χ1v) is 8.50. The van der Waals surface area contributed by atoms with Crippen molar-refractivity contribution in [2.24, 2.45) is 0 Å². The number of nitrogen functional groups attached to an aromatic ring is 1. The van der Waals surface area contributed by atoms with Gasteiger partial charge in [0.2, 0.25) is 11.9 Å². The lowest BCUT2D eigenvalue weighted by atomic mass is 10.2. The van der Waals surface area contributed by atoms with E-state index in [4.69, 9.17) is 22.1 Å². The summed E-state index contributed by atoms with van der Waals surface area (Å²) in [7, 11) is 1.53. The summed E-state index contributed by atoms with van der Waals surface area (Å²) in [5.41, 5.74) is 6.43. The van der Waals surface area contributed by atoms with Crippen LogP contribution in [-0.4, -0.2) is 34.0 Å². The van der Waals surface area contributed by atoms with Crippen LogP contribution in [0.25, 0.3) is 0 Å². The van der Waals surface area contributed by atoms with Crippen LogP contribution >= 0.6 is 23.4 Å². The highest BCUT2D eigenvalue weighted by atomic mass is 35.5. The van der Waals surface area contributed by atoms with Crippen molar-refractivity contribution >= 4 is 40.9 Å². The van der Waals surface area contributed by atoms with E-state index in [0.717, 1.165) is 0 Å². The molecule has 9 heteroatoms. The van der Waals surface area contributed by atoms with Gasteiger partial charge in [-0.3, -0.25) is 9.36 Å². The third-order valence-electron chi connectivity index (χ3n) is 3.29. The van der Waals surface area contributed by atoms with Gasteiger partial charge < -0.3 is 15.8 Å². The number of hydrogen-bond donors (Lipinski definition) is 2. The fraction of sp³-hybridized carbons (Fsp3) is 0.357. The van der Waals surface area contributed by atoms with Gasteiger partial charge in [-0.15, -0.1) is 10.2 Å². The molecule has 1 unspecified atom stereocenters. The van der Waals surface area contributed by atoms with E-state index in [9.17, 15) is 4.79 Å². The molecule has 7 nitrogen and oxygen atoms in total. The number of nitrogens with zero attached hydrogens (tertiary/aromatic N) is 3. The van der Waals surface area contributed by atoms with Gasteiger partial charge in [0.1, 0.15) is 11.8 Å². The quantitative estimate of drug-likeness (QED) is 0.773. The monoisotopic (exact) mass is 355 g/mol. The molecule has 0 spiro atoms. The third kappa shape index (κ3) is 3.70. The van der Waals surface area contributed by atoms with Gasteiger partial charge in [-0.2, -0.15) is 0 Å². The standard InChI is InChI=1S/C14H18ClN5O2S/c1-4-10(20-13(16)18-19-14(20)23-3)12(21)17-8-5-6-11(22-2)9(15)7-8/h5-7,10H,4H2,1-3H3,(H2,16,18)(H,17,21). The van der Waals surface area contributed by atoms with E-state index in [0.29, 0.717) is 28.0 Å². The second-order valence-electron chi connectivity index (χ2n) is 4.68. The molecule has 1 amide bonds. The van der Waals surface area contributed by atoms with E-state index < -0.39 is 6.04 Å². The minimum absolute atomic E-state index is 0.212. The van der Waals surface area contributed by atoms with Crippen LogP contribution in [0, 0.1) is 0 Å². The van der Waals surface area contributed by atoms with Crippen molar-refractivity contribution in [1.29, 1.82) is 0 Å². The number of hydrogen-bond acceptors (Lipinski definition) is 6. The number of nitrogens with two attached hydrogens (primary N) is 1. The summed E-state index contributed by atoms with van der Waals surface area (Å²) in [5.74, 6) is 0.545. The zero-order valence-electron chi connectivity index (χ0n) is 13.0. The van der Waals surface area contributed by atoms with Crippen LogP contribution in [0.2, 0.25) is 5.02 Å². The predicted molar refractivity (Wildman–Crippen MR) is 92.2 cm³/mol. The molecule has 0 radical (unpaired) electrons. The summed E-state index contributed by atoms with van der Waals surface area (Å²) in [6, 6.07) is 4.55. The van der Waals surface area contributed by atoms with E-state index in [2.05, 4.69) is 15.5 Å². The maximum Gasteiger partial charge on any atom is 0.247 e. The zero-order valence-corrected chi connectivity index (χ0v) is 14.6. The Kier molecular flexibility index (Phi) is 5.73. The van der Waals surface area contributed by atoms with Gasteiger partial charge in [0.25, 0.3) is 0 Å². The van der Waals surface area contributed by atoms with E-state index in [1.807, 2.05) is 13.2 Å². The average molecular weight is 356 g/mol. The van der Waals surface area contributed by atoms with Gasteiger partial charge in [0.15, 0.2) is 5.16 Å². The van der Waals surface area contributed by atoms with Crippen molar-refractivity contribution in [1.82, 2.24) is 14.8 Å². The first-order chi connectivity index (χ1) is 11.0. The number of nitrogens with one attached hydrogen (secondary N) is 1. The maximum atomic E-state index is 12.6. The van der Waals surface area contributed by atoms with Crippen molar-refractivity contribution in [2.75, 3.05) is 24.4 Å². The molecule has 0 fully saturated rings. The van der Waals surface area contributed by atoms with Crippen LogP contribution in [0.3, 0.4) is 0 Å². The Balaban J connectivity index is 2.24. The minimum Gasteiger partial charge on any atom is -0.495 e. The molecule has 0 aliphatic heterocycles. The van der Waals surface area contributed by atoms with Crippen molar-refractivity contribution in [3.05, 3.63) is 23.2 Å². The number of methoxy groups -OCH3 is 1. The average Bonchev–Trinajstić information content (AvgIpc) is 2.89. The lowest BCUT2D eigenvalue weighted by molar-refractivity contribution is -0.119. The van der Waals surface area contributed by atoms with E-state index in [1.165, 1.54) is 18.9 Å². The summed E-state index contributed by atoms with van der Waals surface area (Å²) in [5, 5.41) is 11.6. The van der Waals surface area contributed by atoms with Crippen LogP contribution in [0.5, 0.6) is 5.75 Å². The molecule has 0 bridgehead atoms. The topological polar surface area (TPSA) is 95.1 Å². The minimum atomic E-state index is -0.506. The van der Waals surface area contributed by atoms with Gasteiger partial charge in [-0.25, -0.2) is 0 Å². The van der Waals surface area contributed by atoms with Gasteiger partial charge >= 0.3 is 0 Å². The van der Waals surface area contributed by atoms with E-state index in [-0.39, 0.29) is 11.9 Å². The number of ether oxygens (including phenoxy) is 1. The first-order valence-electron chi connectivity index (χ1n) is 6.90. The molecule has 124 valence electrons. The Bertz CT molecular complexity index is 706. The number of anilines is 2. The Morgan fingerprint density at radius 2 is 2.26 bits per heavy atom. The number of carbonyl (C=O) groups is 1. The molecule has 1 atom stereocenters. The van der Waals surface area contributed by atoms with E-state index >= 15 is 0 Å². The summed E-state index contributed by atoms with van der Waals surface area (Å²) in [4.78, 5) is 12.6. The molecule has 1 aromatic heterocycles. The molecular weight excluding hydrogens is 338 g/mol. The zero-order chi connectivity index (χ0) is 17.0. The Hall–Kier alpha value is -1.93. The fourth-order valence-corrected chi connectivity index (χ4v) is 2.97. The molecule has 0 saturated heterocycles. The van der Waals surface area contributed by atoms with Crippen molar-refractivity contribution in [2.45, 2.75) is 24.5 Å². The lowest BCUT2D eigenvalue weighted by Gasteiger charge is -2.19. The number of amides is 1. The Morgan fingerprint density at radius 3 is 2.83 bits per heavy atom. The lowest BCUT2D eigenvalue weighted by Crippen LogP contribution is -2.27. The first kappa shape index (κ1) is 17.4. The van der Waals surface area contributed by atoms with Gasteiger partial charge in [0, 0.05) is 5.69 Å². The molecule has 0 aliphatic carbocycles. The van der Waals surface area contributed by atoms with E-state index in [1.54, 1.807) is 22.8 Å². The number of halogens is 1. The van der Waals surface area contributed by atoms with Crippen LogP contribution < -0.4 is 15.8 Å². The summed E-state index contributed by atoms with van der Waals surface area (Å²) >= 11 is 7.46. The Labute approximate surface area is 143 Å². The number of benzene rings is 1. The highest BCUT2D eigenvalue weighted by Crippen LogP contribution is 2.29. The van der Waals surface area contributed by atoms with Gasteiger partial charge in [-0.1, -0.05) is 30.3 Å². The van der Waals surface area contributed by atoms with Crippen molar-refractivity contribution in [3.63, 3.8) is 0 Å². The van der Waals surface area contributed by atoms with Gasteiger partial charge in [-0.05, 0) is 30.9 Å². The smallest absolute Gasteiger partial charge is 0.247 e. The number of carbonyl (C=O) groups excluding carboxylic acids is 1. The third-order valence-corrected chi connectivity index (χ3v) is 4.23. The maximum absolute atomic E-state index is 12.6. The van der Waals surface area contributed by atoms with Crippen LogP contribution in [-0.2, 0) is 4.79 Å². The number of aromatic nitrogens is 3. The highest BCUT2D eigenvalue weighted by molar-refractivity contribution is 7.98. The summed E-state index contributed by atoms with van der Waals surface area (Å²) < 4.78 is 6.72. The number of rotatable bonds is 6. The predicted octanol–water partition coefficient (Wildman–Crippen LogP) is 2.83. The second kappa shape index (κ2) is 7.56. The molecule has 1 heterocycles. The van der Waals surface area contributed by atoms with Gasteiger partial charge in [0.05, 0.1) is 12.1 Å². The van der Waals surface area contributed by atoms with Crippen LogP contribution in [0.15, 0.2) is 23.4 Å². The molecular formula is C14H18ClN5O2S. The molecule has 0 saturated carbocycles. The summed E-state index contributed by atoms with van der Waals surface area (Å²) in [6.45, 7) is 1.90. The summed E-state index contributed by atoms with van der Waals surface area (Å²) in [6.07, 6.45) is 2.40. The molecule has 2 aromatic rings. The number of thioether (sulfide) groups is 1. The van der Waals surface area contributed by atoms with Crippen molar-refractivity contribution in [3.8, 4) is 5.75 Å². The Morgan fingerprint density at radius 1 is 1.52 bits per heavy atom. The fourth-order valence-electron chi connectivity index (χ4n) is 2.18. The molecule has 3 N–H and O–H groups in total. The largest absolute Gasteiger partial charge is 0.495 e. The molecule has 23 heavy (non-hydrogen) atoms. The van der Waals surface area contributed by atoms with Crippen LogP contribution in [0.1, 0.15) is 19.4 Å².